The van der Waals surface area contributed by atoms with Gasteiger partial charge in [0, 0.05) is 35.0 Å². The van der Waals surface area contributed by atoms with E-state index in [9.17, 15) is 14.9 Å². The molecule has 8 heteroatoms. The molecule has 7 nitrogen and oxygen atoms in total. The summed E-state index contributed by atoms with van der Waals surface area (Å²) >= 11 is 5.78. The van der Waals surface area contributed by atoms with E-state index < -0.39 is 10.9 Å². The lowest BCUT2D eigenvalue weighted by molar-refractivity contribution is -0.384. The van der Waals surface area contributed by atoms with Crippen molar-refractivity contribution in [3.05, 3.63) is 112 Å². The number of hydrogen-bond donors (Lipinski definition) is 0. The number of carbonyl (C=O) groups is 1. The van der Waals surface area contributed by atoms with Gasteiger partial charge in [0.2, 0.25) is 0 Å². The molecule has 0 amide bonds. The molecular formula is C27H19ClN2O5. The van der Waals surface area contributed by atoms with Gasteiger partial charge in [0.25, 0.3) is 5.69 Å². The topological polar surface area (TPSA) is 83.6 Å². The second-order valence-corrected chi connectivity index (χ2v) is 8.06. The molecule has 0 bridgehead atoms. The molecular weight excluding hydrogens is 468 g/mol. The molecule has 5 rings (SSSR count). The van der Waals surface area contributed by atoms with Gasteiger partial charge in [0.05, 0.1) is 16.0 Å². The van der Waals surface area contributed by atoms with Crippen molar-refractivity contribution in [3.8, 4) is 11.5 Å². The van der Waals surface area contributed by atoms with E-state index in [-0.39, 0.29) is 17.5 Å². The van der Waals surface area contributed by atoms with Gasteiger partial charge in [-0.3, -0.25) is 10.1 Å². The fourth-order valence-corrected chi connectivity index (χ4v) is 4.31. The third-order valence-corrected chi connectivity index (χ3v) is 5.85. The van der Waals surface area contributed by atoms with Gasteiger partial charge in [0.1, 0.15) is 11.5 Å². The Balaban J connectivity index is 1.63. The Morgan fingerprint density at radius 1 is 0.886 bits per heavy atom. The Kier molecular flexibility index (Phi) is 6.08. The van der Waals surface area contributed by atoms with Gasteiger partial charge < -0.3 is 14.0 Å². The van der Waals surface area contributed by atoms with E-state index >= 15 is 0 Å². The molecule has 4 aromatic carbocycles. The molecule has 1 aromatic heterocycles. The monoisotopic (exact) mass is 486 g/mol. The first-order valence-electron chi connectivity index (χ1n) is 10.8. The van der Waals surface area contributed by atoms with Crippen molar-refractivity contribution in [2.45, 2.75) is 6.54 Å². The first-order chi connectivity index (χ1) is 17.0. The Morgan fingerprint density at radius 2 is 1.63 bits per heavy atom. The maximum absolute atomic E-state index is 13.3. The number of benzene rings is 4. The van der Waals surface area contributed by atoms with Crippen molar-refractivity contribution in [2.75, 3.05) is 6.07 Å². The molecule has 0 radical (unpaired) electrons. The molecule has 0 saturated heterocycles. The summed E-state index contributed by atoms with van der Waals surface area (Å²) in [5.41, 5.74) is 3.21. The van der Waals surface area contributed by atoms with Crippen LogP contribution in [0, 0.1) is 10.1 Å². The highest BCUT2D eigenvalue weighted by atomic mass is 35.5. The fourth-order valence-electron chi connectivity index (χ4n) is 4.19. The predicted molar refractivity (Wildman–Crippen MR) is 134 cm³/mol. The maximum atomic E-state index is 13.3. The van der Waals surface area contributed by atoms with Crippen LogP contribution in [0.4, 0.5) is 5.69 Å². The van der Waals surface area contributed by atoms with Crippen LogP contribution in [-0.2, 0) is 6.54 Å². The van der Waals surface area contributed by atoms with Gasteiger partial charge in [-0.05, 0) is 48.0 Å². The number of esters is 1. The molecule has 1 heterocycles. The molecule has 0 saturated carbocycles. The summed E-state index contributed by atoms with van der Waals surface area (Å²) < 4.78 is 13.2. The molecule has 0 aliphatic rings. The van der Waals surface area contributed by atoms with Crippen LogP contribution in [0.15, 0.2) is 91.0 Å². The summed E-state index contributed by atoms with van der Waals surface area (Å²) in [7, 11) is 0. The van der Waals surface area contributed by atoms with Crippen molar-refractivity contribution < 1.29 is 19.2 Å². The summed E-state index contributed by atoms with van der Waals surface area (Å²) in [6.07, 6.45) is 0. The molecule has 174 valence electrons. The summed E-state index contributed by atoms with van der Waals surface area (Å²) in [6.45, 7) is 0.609. The van der Waals surface area contributed by atoms with Gasteiger partial charge in [-0.15, -0.1) is 0 Å². The van der Waals surface area contributed by atoms with Crippen LogP contribution in [0.25, 0.3) is 21.8 Å². The Labute approximate surface area is 205 Å². The van der Waals surface area contributed by atoms with Crippen molar-refractivity contribution in [1.82, 2.24) is 4.57 Å². The number of hydrogen-bond acceptors (Lipinski definition) is 5. The van der Waals surface area contributed by atoms with Gasteiger partial charge in [-0.1, -0.05) is 48.0 Å². The fraction of sp³-hybridized carbons (Fsp3) is 0.0741. The lowest BCUT2D eigenvalue weighted by Gasteiger charge is -2.09. The highest BCUT2D eigenvalue weighted by Crippen LogP contribution is 2.35. The summed E-state index contributed by atoms with van der Waals surface area (Å²) in [5, 5.41) is 12.5. The Bertz CT molecular complexity index is 1550. The third kappa shape index (κ3) is 4.41. The van der Waals surface area contributed by atoms with Crippen LogP contribution < -0.4 is 9.47 Å². The summed E-state index contributed by atoms with van der Waals surface area (Å²) in [4.78, 5) is 23.7. The first kappa shape index (κ1) is 22.4. The third-order valence-electron chi connectivity index (χ3n) is 5.74. The second kappa shape index (κ2) is 9.48. The van der Waals surface area contributed by atoms with Crippen LogP contribution in [-0.4, -0.2) is 21.5 Å². The highest BCUT2D eigenvalue weighted by Gasteiger charge is 2.20. The predicted octanol–water partition coefficient (Wildman–Crippen LogP) is 6.55. The molecule has 0 aliphatic carbocycles. The zero-order chi connectivity index (χ0) is 24.4. The van der Waals surface area contributed by atoms with Crippen LogP contribution in [0.5, 0.6) is 11.5 Å². The van der Waals surface area contributed by atoms with E-state index in [1.54, 1.807) is 6.07 Å². The van der Waals surface area contributed by atoms with Crippen LogP contribution in [0.3, 0.4) is 0 Å². The van der Waals surface area contributed by atoms with E-state index in [4.69, 9.17) is 21.1 Å². The van der Waals surface area contributed by atoms with Gasteiger partial charge in [0.15, 0.2) is 6.07 Å². The zero-order valence-corrected chi connectivity index (χ0v) is 19.1. The maximum Gasteiger partial charge on any atom is 0.344 e. The number of carbonyl (C=O) groups excluding carboxylic acids is 1. The van der Waals surface area contributed by atoms with Gasteiger partial charge in [-0.25, -0.2) is 4.79 Å². The number of nitrogens with zero attached hydrogens (tertiary/aromatic N) is 2. The second-order valence-electron chi connectivity index (χ2n) is 7.84. The average Bonchev–Trinajstić information content (AvgIpc) is 3.18. The molecule has 0 unspecified atom stereocenters. The van der Waals surface area contributed by atoms with Crippen molar-refractivity contribution in [3.63, 3.8) is 0 Å². The van der Waals surface area contributed by atoms with Gasteiger partial charge >= 0.3 is 5.97 Å². The molecule has 0 spiro atoms. The lowest BCUT2D eigenvalue weighted by Crippen LogP contribution is -2.09. The molecule has 0 fully saturated rings. The van der Waals surface area contributed by atoms with E-state index in [0.717, 1.165) is 27.4 Å². The van der Waals surface area contributed by atoms with E-state index in [1.165, 1.54) is 24.3 Å². The van der Waals surface area contributed by atoms with Gasteiger partial charge in [-0.2, -0.15) is 0 Å². The Morgan fingerprint density at radius 3 is 2.34 bits per heavy atom. The number of nitro groups is 1. The number of rotatable bonds is 7. The number of fused-ring (bicyclic) bond motifs is 3. The quantitative estimate of drug-likeness (QED) is 0.0856. The summed E-state index contributed by atoms with van der Waals surface area (Å²) in [5.74, 6) is 0.244. The number of non-ortho nitro benzene ring substituents is 1. The van der Waals surface area contributed by atoms with E-state index in [1.807, 2.05) is 48.5 Å². The standard InChI is InChI=1S/C27H19ClN2O5/c28-17-34-21-13-14-24-23(15-21)26-22(27(31)35-20-11-9-19(10-12-20)30(32)33)7-4-8-25(26)29(24)16-18-5-2-1-3-6-18/h1-15H,16-17H2. The minimum absolute atomic E-state index is 0.00318. The highest BCUT2D eigenvalue weighted by molar-refractivity contribution is 6.18. The SMILES string of the molecule is O=C(Oc1ccc([N+](=O)[O-])cc1)c1cccc2c1c1cc(OCCl)ccc1n2Cc1ccccc1. The Hall–Kier alpha value is -4.36. The average molecular weight is 487 g/mol. The van der Waals surface area contributed by atoms with E-state index in [2.05, 4.69) is 16.7 Å². The minimum atomic E-state index is -0.563. The van der Waals surface area contributed by atoms with Crippen LogP contribution in [0.2, 0.25) is 0 Å². The van der Waals surface area contributed by atoms with Crippen molar-refractivity contribution >= 4 is 45.1 Å². The first-order valence-corrected chi connectivity index (χ1v) is 11.3. The lowest BCUT2D eigenvalue weighted by atomic mass is 10.1. The number of nitro benzene ring substituents is 1. The number of alkyl halides is 1. The van der Waals surface area contributed by atoms with Crippen LogP contribution in [0.1, 0.15) is 15.9 Å². The molecule has 5 aromatic rings. The smallest absolute Gasteiger partial charge is 0.344 e. The largest absolute Gasteiger partial charge is 0.478 e. The number of halogens is 1. The number of ether oxygens (including phenoxy) is 2. The normalized spacial score (nSPS) is 11.0. The molecule has 0 atom stereocenters. The van der Waals surface area contributed by atoms with Crippen LogP contribution >= 0.6 is 11.6 Å². The molecule has 0 N–H and O–H groups in total. The molecule has 0 aliphatic heterocycles. The summed E-state index contributed by atoms with van der Waals surface area (Å²) in [6, 6.07) is 26.6. The van der Waals surface area contributed by atoms with E-state index in [0.29, 0.717) is 17.9 Å². The van der Waals surface area contributed by atoms with Crippen molar-refractivity contribution in [2.24, 2.45) is 0 Å². The zero-order valence-electron chi connectivity index (χ0n) is 18.4. The van der Waals surface area contributed by atoms with Crippen molar-refractivity contribution in [1.29, 1.82) is 0 Å². The molecule has 35 heavy (non-hydrogen) atoms. The minimum Gasteiger partial charge on any atom is -0.478 e. The number of aromatic nitrogens is 1.